The number of amides is 1. The number of carbonyl (C=O) groups is 1. The van der Waals surface area contributed by atoms with E-state index in [9.17, 15) is 9.18 Å². The van der Waals surface area contributed by atoms with Crippen LogP contribution < -0.4 is 0 Å². The quantitative estimate of drug-likeness (QED) is 0.854. The largest absolute Gasteiger partial charge is 0.377 e. The predicted molar refractivity (Wildman–Crippen MR) is 83.7 cm³/mol. The molecule has 2 heterocycles. The number of nitrogens with zero attached hydrogens (tertiary/aromatic N) is 3. The molecule has 1 unspecified atom stereocenters. The minimum atomic E-state index is -0.498. The molecule has 5 nitrogen and oxygen atoms in total. The number of hydrogen-bond donors (Lipinski definition) is 0. The van der Waals surface area contributed by atoms with Gasteiger partial charge in [0, 0.05) is 24.8 Å². The van der Waals surface area contributed by atoms with Crippen LogP contribution in [0.15, 0.2) is 24.3 Å². The predicted octanol–water partition coefficient (Wildman–Crippen LogP) is 2.39. The average molecular weight is 317 g/mol. The molecule has 122 valence electrons. The van der Waals surface area contributed by atoms with Crippen molar-refractivity contribution in [3.8, 4) is 0 Å². The fourth-order valence-corrected chi connectivity index (χ4v) is 3.15. The van der Waals surface area contributed by atoms with Crippen LogP contribution in [0.4, 0.5) is 4.39 Å². The molecule has 1 amide bonds. The number of benzene rings is 1. The van der Waals surface area contributed by atoms with Crippen molar-refractivity contribution in [2.75, 3.05) is 19.8 Å². The van der Waals surface area contributed by atoms with Crippen LogP contribution in [0.3, 0.4) is 0 Å². The lowest BCUT2D eigenvalue weighted by molar-refractivity contribution is -0.00328. The molecule has 1 aromatic heterocycles. The second-order valence-electron chi connectivity index (χ2n) is 5.78. The van der Waals surface area contributed by atoms with Gasteiger partial charge >= 0.3 is 0 Å². The van der Waals surface area contributed by atoms with Crippen LogP contribution in [0.1, 0.15) is 33.4 Å². The summed E-state index contributed by atoms with van der Waals surface area (Å²) < 4.78 is 21.4. The van der Waals surface area contributed by atoms with Crippen LogP contribution >= 0.6 is 0 Å². The highest BCUT2D eigenvalue weighted by Gasteiger charge is 2.33. The zero-order valence-corrected chi connectivity index (χ0v) is 13.5. The highest BCUT2D eigenvalue weighted by molar-refractivity contribution is 5.94. The Bertz CT molecular complexity index is 741. The summed E-state index contributed by atoms with van der Waals surface area (Å²) in [6.07, 6.45) is 0. The summed E-state index contributed by atoms with van der Waals surface area (Å²) >= 11 is 0. The molecule has 0 radical (unpaired) electrons. The molecule has 0 aliphatic carbocycles. The fraction of sp³-hybridized carbons (Fsp3) is 0.412. The monoisotopic (exact) mass is 317 g/mol. The minimum absolute atomic E-state index is 0.0959. The maximum Gasteiger partial charge on any atom is 0.257 e. The molecule has 1 aromatic carbocycles. The third kappa shape index (κ3) is 2.74. The van der Waals surface area contributed by atoms with Gasteiger partial charge in [0.15, 0.2) is 0 Å². The van der Waals surface area contributed by atoms with Gasteiger partial charge in [-0.05, 0) is 26.0 Å². The molecular weight excluding hydrogens is 297 g/mol. The fourth-order valence-electron chi connectivity index (χ4n) is 3.15. The average Bonchev–Trinajstić information content (AvgIpc) is 2.80. The SMILES string of the molecule is Cc1nn(C)c(C)c1C1COCCN1C(=O)c1ccccc1F. The van der Waals surface area contributed by atoms with Crippen molar-refractivity contribution in [1.82, 2.24) is 14.7 Å². The zero-order chi connectivity index (χ0) is 16.6. The van der Waals surface area contributed by atoms with Crippen molar-refractivity contribution < 1.29 is 13.9 Å². The summed E-state index contributed by atoms with van der Waals surface area (Å²) in [6.45, 7) is 5.17. The highest BCUT2D eigenvalue weighted by Crippen LogP contribution is 2.30. The number of halogens is 1. The highest BCUT2D eigenvalue weighted by atomic mass is 19.1. The van der Waals surface area contributed by atoms with Crippen molar-refractivity contribution in [2.45, 2.75) is 19.9 Å². The Morgan fingerprint density at radius 2 is 2.09 bits per heavy atom. The van der Waals surface area contributed by atoms with Gasteiger partial charge in [0.25, 0.3) is 5.91 Å². The first-order chi connectivity index (χ1) is 11.0. The van der Waals surface area contributed by atoms with E-state index in [0.717, 1.165) is 17.0 Å². The Hall–Kier alpha value is -2.21. The van der Waals surface area contributed by atoms with Gasteiger partial charge in [-0.25, -0.2) is 4.39 Å². The number of aromatic nitrogens is 2. The number of morpholine rings is 1. The van der Waals surface area contributed by atoms with E-state index in [0.29, 0.717) is 19.8 Å². The smallest absolute Gasteiger partial charge is 0.257 e. The van der Waals surface area contributed by atoms with Crippen molar-refractivity contribution in [3.05, 3.63) is 52.6 Å². The topological polar surface area (TPSA) is 47.4 Å². The van der Waals surface area contributed by atoms with Crippen molar-refractivity contribution in [3.63, 3.8) is 0 Å². The Morgan fingerprint density at radius 3 is 2.74 bits per heavy atom. The van der Waals surface area contributed by atoms with E-state index < -0.39 is 5.82 Å². The molecule has 1 saturated heterocycles. The summed E-state index contributed by atoms with van der Waals surface area (Å²) in [6, 6.07) is 5.84. The second-order valence-corrected chi connectivity index (χ2v) is 5.78. The maximum atomic E-state index is 14.0. The summed E-state index contributed by atoms with van der Waals surface area (Å²) in [7, 11) is 1.87. The molecule has 0 bridgehead atoms. The number of ether oxygens (including phenoxy) is 1. The van der Waals surface area contributed by atoms with Crippen LogP contribution in [-0.2, 0) is 11.8 Å². The van der Waals surface area contributed by atoms with Crippen molar-refractivity contribution in [1.29, 1.82) is 0 Å². The van der Waals surface area contributed by atoms with Gasteiger partial charge in [-0.15, -0.1) is 0 Å². The minimum Gasteiger partial charge on any atom is -0.377 e. The van der Waals surface area contributed by atoms with E-state index in [-0.39, 0.29) is 17.5 Å². The molecule has 6 heteroatoms. The molecule has 2 aromatic rings. The maximum absolute atomic E-state index is 14.0. The number of carbonyl (C=O) groups excluding carboxylic acids is 1. The van der Waals surface area contributed by atoms with Gasteiger partial charge in [-0.2, -0.15) is 5.10 Å². The van der Waals surface area contributed by atoms with Gasteiger partial charge in [0.05, 0.1) is 30.5 Å². The molecule has 1 aliphatic heterocycles. The zero-order valence-electron chi connectivity index (χ0n) is 13.5. The van der Waals surface area contributed by atoms with E-state index in [4.69, 9.17) is 4.74 Å². The van der Waals surface area contributed by atoms with Crippen LogP contribution in [0.2, 0.25) is 0 Å². The first-order valence-electron chi connectivity index (χ1n) is 7.64. The third-order valence-corrected chi connectivity index (χ3v) is 4.39. The Morgan fingerprint density at radius 1 is 1.35 bits per heavy atom. The first-order valence-corrected chi connectivity index (χ1v) is 7.64. The summed E-state index contributed by atoms with van der Waals surface area (Å²) in [5, 5.41) is 4.42. The molecule has 3 rings (SSSR count). The first kappa shape index (κ1) is 15.7. The van der Waals surface area contributed by atoms with Crippen molar-refractivity contribution >= 4 is 5.91 Å². The summed E-state index contributed by atoms with van der Waals surface area (Å²) in [5.41, 5.74) is 2.94. The number of rotatable bonds is 2. The number of aryl methyl sites for hydroxylation is 2. The normalized spacial score (nSPS) is 18.3. The molecule has 23 heavy (non-hydrogen) atoms. The Balaban J connectivity index is 1.99. The van der Waals surface area contributed by atoms with E-state index >= 15 is 0 Å². The summed E-state index contributed by atoms with van der Waals surface area (Å²) in [4.78, 5) is 14.5. The lowest BCUT2D eigenvalue weighted by Gasteiger charge is -2.36. The van der Waals surface area contributed by atoms with Gasteiger partial charge in [-0.3, -0.25) is 9.48 Å². The third-order valence-electron chi connectivity index (χ3n) is 4.39. The molecule has 0 saturated carbocycles. The molecule has 0 N–H and O–H groups in total. The van der Waals surface area contributed by atoms with Gasteiger partial charge in [0.1, 0.15) is 5.82 Å². The van der Waals surface area contributed by atoms with E-state index in [1.807, 2.05) is 20.9 Å². The summed E-state index contributed by atoms with van der Waals surface area (Å²) in [5.74, 6) is -0.804. The molecule has 1 aliphatic rings. The van der Waals surface area contributed by atoms with Gasteiger partial charge < -0.3 is 9.64 Å². The van der Waals surface area contributed by atoms with E-state index in [1.165, 1.54) is 12.1 Å². The Kier molecular flexibility index (Phi) is 4.17. The number of hydrogen-bond acceptors (Lipinski definition) is 3. The molecule has 1 fully saturated rings. The van der Waals surface area contributed by atoms with Crippen molar-refractivity contribution in [2.24, 2.45) is 7.05 Å². The van der Waals surface area contributed by atoms with E-state index in [2.05, 4.69) is 5.10 Å². The standard InChI is InChI=1S/C17H20FN3O2/c1-11-16(12(2)20(3)19-11)15-10-23-9-8-21(15)17(22)13-6-4-5-7-14(13)18/h4-7,15H,8-10H2,1-3H3. The second kappa shape index (κ2) is 6.12. The molecule has 1 atom stereocenters. The van der Waals surface area contributed by atoms with Crippen LogP contribution in [0, 0.1) is 19.7 Å². The molecule has 0 spiro atoms. The Labute approximate surface area is 134 Å². The lowest BCUT2D eigenvalue weighted by atomic mass is 10.0. The van der Waals surface area contributed by atoms with Crippen LogP contribution in [-0.4, -0.2) is 40.3 Å². The van der Waals surface area contributed by atoms with Crippen LogP contribution in [0.25, 0.3) is 0 Å². The van der Waals surface area contributed by atoms with Gasteiger partial charge in [-0.1, -0.05) is 12.1 Å². The van der Waals surface area contributed by atoms with Gasteiger partial charge in [0.2, 0.25) is 0 Å². The lowest BCUT2D eigenvalue weighted by Crippen LogP contribution is -2.44. The van der Waals surface area contributed by atoms with Crippen LogP contribution in [0.5, 0.6) is 0 Å². The molecular formula is C17H20FN3O2. The van der Waals surface area contributed by atoms with E-state index in [1.54, 1.807) is 21.7 Å².